The number of hydrogen-bond donors (Lipinski definition) is 2. The second kappa shape index (κ2) is 7.84. The summed E-state index contributed by atoms with van der Waals surface area (Å²) >= 11 is 0. The maximum atomic E-state index is 12.3. The van der Waals surface area contributed by atoms with Crippen LogP contribution in [0.4, 0.5) is 13.2 Å². The number of halogens is 3. The van der Waals surface area contributed by atoms with E-state index < -0.39 is 12.1 Å². The minimum Gasteiger partial charge on any atom is -0.508 e. The van der Waals surface area contributed by atoms with Crippen LogP contribution in [0.3, 0.4) is 0 Å². The summed E-state index contributed by atoms with van der Waals surface area (Å²) < 4.78 is 41.1. The third kappa shape index (κ3) is 4.48. The van der Waals surface area contributed by atoms with E-state index in [0.717, 1.165) is 57.9 Å². The Kier molecular flexibility index (Phi) is 5.72. The lowest BCUT2D eigenvalue weighted by molar-refractivity contribution is -0.189. The predicted octanol–water partition coefficient (Wildman–Crippen LogP) is 2.79. The average Bonchev–Trinajstić information content (AvgIpc) is 2.62. The predicted molar refractivity (Wildman–Crippen MR) is 89.2 cm³/mol. The van der Waals surface area contributed by atoms with Crippen molar-refractivity contribution < 1.29 is 27.8 Å². The van der Waals surface area contributed by atoms with Crippen molar-refractivity contribution in [3.63, 3.8) is 0 Å². The highest BCUT2D eigenvalue weighted by Crippen LogP contribution is 2.40. The number of esters is 1. The first kappa shape index (κ1) is 19.0. The van der Waals surface area contributed by atoms with Crippen LogP contribution in [0.5, 0.6) is 11.5 Å². The molecule has 0 amide bonds. The van der Waals surface area contributed by atoms with E-state index in [0.29, 0.717) is 11.6 Å². The summed E-state index contributed by atoms with van der Waals surface area (Å²) in [6.07, 6.45) is -1.05. The van der Waals surface area contributed by atoms with E-state index in [-0.39, 0.29) is 17.4 Å². The molecule has 1 aliphatic heterocycles. The zero-order valence-corrected chi connectivity index (χ0v) is 14.4. The highest BCUT2D eigenvalue weighted by atomic mass is 19.4. The average molecular weight is 372 g/mol. The van der Waals surface area contributed by atoms with Crippen LogP contribution >= 0.6 is 0 Å². The van der Waals surface area contributed by atoms with Gasteiger partial charge in [0.2, 0.25) is 0 Å². The molecule has 1 saturated heterocycles. The Morgan fingerprint density at radius 1 is 1.23 bits per heavy atom. The third-order valence-electron chi connectivity index (χ3n) is 5.20. The van der Waals surface area contributed by atoms with E-state index in [9.17, 15) is 23.1 Å². The van der Waals surface area contributed by atoms with Crippen LogP contribution in [0.1, 0.15) is 37.2 Å². The number of carbonyl (C=O) groups excluding carboxylic acids is 1. The Hall–Kier alpha value is -1.80. The molecule has 0 radical (unpaired) electrons. The first-order chi connectivity index (χ1) is 12.3. The molecule has 2 aliphatic rings. The maximum Gasteiger partial charge on any atom is 0.491 e. The lowest BCUT2D eigenvalue weighted by Gasteiger charge is -2.40. The second-order valence-corrected chi connectivity index (χ2v) is 6.91. The van der Waals surface area contributed by atoms with Gasteiger partial charge in [0.1, 0.15) is 11.5 Å². The maximum absolute atomic E-state index is 12.3. The number of piperazine rings is 1. The number of phenols is 1. The lowest BCUT2D eigenvalue weighted by atomic mass is 9.80. The first-order valence-corrected chi connectivity index (χ1v) is 8.91. The number of nitrogens with zero attached hydrogens (tertiary/aromatic N) is 1. The SMILES string of the molecule is O=C(Oc1ccc(C2CCCC(N3CCNCC3)C2)c(O)c1)C(F)(F)F. The normalized spacial score (nSPS) is 25.0. The van der Waals surface area contributed by atoms with Gasteiger partial charge in [0.05, 0.1) is 0 Å². The number of phenolic OH excluding ortho intramolecular Hbond substituents is 1. The standard InChI is InChI=1S/C18H23F3N2O3/c19-18(20,21)17(25)26-14-4-5-15(16(24)11-14)12-2-1-3-13(10-12)23-8-6-22-7-9-23/h4-5,11-13,22,24H,1-3,6-10H2. The number of rotatable bonds is 3. The molecule has 1 aliphatic carbocycles. The topological polar surface area (TPSA) is 61.8 Å². The van der Waals surface area contributed by atoms with E-state index in [2.05, 4.69) is 15.0 Å². The molecule has 0 bridgehead atoms. The Morgan fingerprint density at radius 2 is 1.96 bits per heavy atom. The number of hydrogen-bond acceptors (Lipinski definition) is 5. The fourth-order valence-corrected chi connectivity index (χ4v) is 3.92. The van der Waals surface area contributed by atoms with Crippen LogP contribution in [-0.2, 0) is 4.79 Å². The molecule has 1 aromatic rings. The van der Waals surface area contributed by atoms with Crippen molar-refractivity contribution in [2.24, 2.45) is 0 Å². The molecule has 1 aromatic carbocycles. The van der Waals surface area contributed by atoms with E-state index >= 15 is 0 Å². The van der Waals surface area contributed by atoms with Gasteiger partial charge >= 0.3 is 12.1 Å². The van der Waals surface area contributed by atoms with Gasteiger partial charge in [-0.3, -0.25) is 4.90 Å². The van der Waals surface area contributed by atoms with Crippen molar-refractivity contribution in [1.29, 1.82) is 0 Å². The summed E-state index contributed by atoms with van der Waals surface area (Å²) in [5.41, 5.74) is 0.705. The van der Waals surface area contributed by atoms with Gasteiger partial charge in [-0.25, -0.2) is 4.79 Å². The Labute approximate surface area is 150 Å². The summed E-state index contributed by atoms with van der Waals surface area (Å²) in [5, 5.41) is 13.6. The number of benzene rings is 1. The number of nitrogens with one attached hydrogen (secondary N) is 1. The molecule has 8 heteroatoms. The van der Waals surface area contributed by atoms with Crippen molar-refractivity contribution in [2.75, 3.05) is 26.2 Å². The van der Waals surface area contributed by atoms with Gasteiger partial charge in [0, 0.05) is 38.3 Å². The van der Waals surface area contributed by atoms with Gasteiger partial charge in [-0.05, 0) is 36.8 Å². The van der Waals surface area contributed by atoms with Crippen molar-refractivity contribution in [2.45, 2.75) is 43.8 Å². The van der Waals surface area contributed by atoms with Crippen molar-refractivity contribution in [1.82, 2.24) is 10.2 Å². The van der Waals surface area contributed by atoms with Gasteiger partial charge in [-0.2, -0.15) is 13.2 Å². The second-order valence-electron chi connectivity index (χ2n) is 6.91. The van der Waals surface area contributed by atoms with Gasteiger partial charge < -0.3 is 15.2 Å². The Bertz CT molecular complexity index is 645. The van der Waals surface area contributed by atoms with Crippen molar-refractivity contribution in [3.05, 3.63) is 23.8 Å². The number of alkyl halides is 3. The molecule has 144 valence electrons. The Morgan fingerprint density at radius 3 is 2.62 bits per heavy atom. The minimum atomic E-state index is -5.06. The van der Waals surface area contributed by atoms with Gasteiger partial charge in [0.15, 0.2) is 0 Å². The molecule has 2 N–H and O–H groups in total. The van der Waals surface area contributed by atoms with Crippen molar-refractivity contribution in [3.8, 4) is 11.5 Å². The van der Waals surface area contributed by atoms with E-state index in [4.69, 9.17) is 0 Å². The van der Waals surface area contributed by atoms with Gasteiger partial charge in [0.25, 0.3) is 0 Å². The van der Waals surface area contributed by atoms with Crippen LogP contribution in [0.25, 0.3) is 0 Å². The highest BCUT2D eigenvalue weighted by molar-refractivity contribution is 5.78. The molecule has 1 saturated carbocycles. The fraction of sp³-hybridized carbons (Fsp3) is 0.611. The molecule has 2 fully saturated rings. The van der Waals surface area contributed by atoms with Crippen LogP contribution in [0, 0.1) is 0 Å². The molecule has 2 unspecified atom stereocenters. The molecule has 0 spiro atoms. The third-order valence-corrected chi connectivity index (χ3v) is 5.20. The van der Waals surface area contributed by atoms with Crippen LogP contribution in [0.15, 0.2) is 18.2 Å². The van der Waals surface area contributed by atoms with Crippen LogP contribution < -0.4 is 10.1 Å². The van der Waals surface area contributed by atoms with E-state index in [1.807, 2.05) is 0 Å². The molecular weight excluding hydrogens is 349 g/mol. The number of ether oxygens (including phenoxy) is 1. The molecule has 5 nitrogen and oxygen atoms in total. The summed E-state index contributed by atoms with van der Waals surface area (Å²) in [7, 11) is 0. The van der Waals surface area contributed by atoms with E-state index in [1.54, 1.807) is 6.07 Å². The molecule has 0 aromatic heterocycles. The quantitative estimate of drug-likeness (QED) is 0.631. The van der Waals surface area contributed by atoms with Gasteiger partial charge in [-0.15, -0.1) is 0 Å². The smallest absolute Gasteiger partial charge is 0.491 e. The number of carbonyl (C=O) groups is 1. The summed E-state index contributed by atoms with van der Waals surface area (Å²) in [5.74, 6) is -2.57. The lowest BCUT2D eigenvalue weighted by Crippen LogP contribution is -2.49. The summed E-state index contributed by atoms with van der Waals surface area (Å²) in [6, 6.07) is 4.43. The van der Waals surface area contributed by atoms with E-state index in [1.165, 1.54) is 6.07 Å². The molecular formula is C18H23F3N2O3. The van der Waals surface area contributed by atoms with Crippen LogP contribution in [-0.4, -0.2) is 54.4 Å². The van der Waals surface area contributed by atoms with Crippen LogP contribution in [0.2, 0.25) is 0 Å². The Balaban J connectivity index is 1.67. The molecule has 1 heterocycles. The van der Waals surface area contributed by atoms with Crippen molar-refractivity contribution >= 4 is 5.97 Å². The minimum absolute atomic E-state index is 0.122. The zero-order chi connectivity index (χ0) is 18.7. The zero-order valence-electron chi connectivity index (χ0n) is 14.4. The first-order valence-electron chi connectivity index (χ1n) is 8.91. The number of aromatic hydroxyl groups is 1. The monoisotopic (exact) mass is 372 g/mol. The highest BCUT2D eigenvalue weighted by Gasteiger charge is 2.41. The summed E-state index contributed by atoms with van der Waals surface area (Å²) in [4.78, 5) is 13.4. The molecule has 26 heavy (non-hydrogen) atoms. The van der Waals surface area contributed by atoms with Gasteiger partial charge in [-0.1, -0.05) is 12.5 Å². The summed E-state index contributed by atoms with van der Waals surface area (Å²) in [6.45, 7) is 3.97. The largest absolute Gasteiger partial charge is 0.508 e. The fourth-order valence-electron chi connectivity index (χ4n) is 3.92. The molecule has 2 atom stereocenters. The molecule has 3 rings (SSSR count).